The highest BCUT2D eigenvalue weighted by Gasteiger charge is 2.03. The molecule has 1 aromatic rings. The molecule has 10 heavy (non-hydrogen) atoms. The number of hydrogen-bond acceptors (Lipinski definition) is 1. The molecule has 0 aliphatic rings. The van der Waals surface area contributed by atoms with Crippen molar-refractivity contribution in [1.82, 2.24) is 0 Å². The summed E-state index contributed by atoms with van der Waals surface area (Å²) >= 11 is 1.87. The summed E-state index contributed by atoms with van der Waals surface area (Å²) < 4.78 is 0. The van der Waals surface area contributed by atoms with E-state index >= 15 is 0 Å². The number of thiophene rings is 1. The first-order valence-corrected chi connectivity index (χ1v) is 4.76. The van der Waals surface area contributed by atoms with Crippen molar-refractivity contribution in [3.05, 3.63) is 22.4 Å². The quantitative estimate of drug-likeness (QED) is 0.623. The van der Waals surface area contributed by atoms with Gasteiger partial charge in [-0.15, -0.1) is 11.3 Å². The van der Waals surface area contributed by atoms with E-state index in [2.05, 4.69) is 31.4 Å². The van der Waals surface area contributed by atoms with Gasteiger partial charge in [0.2, 0.25) is 0 Å². The molecule has 0 aromatic carbocycles. The van der Waals surface area contributed by atoms with Gasteiger partial charge in [0.15, 0.2) is 0 Å². The van der Waals surface area contributed by atoms with Gasteiger partial charge in [-0.2, -0.15) is 0 Å². The van der Waals surface area contributed by atoms with Crippen LogP contribution in [0.5, 0.6) is 0 Å². The Morgan fingerprint density at radius 2 is 2.40 bits per heavy atom. The molecule has 0 aliphatic heterocycles. The lowest BCUT2D eigenvalue weighted by atomic mass is 10.1. The largest absolute Gasteiger partial charge is 0.149 e. The van der Waals surface area contributed by atoms with Gasteiger partial charge in [0, 0.05) is 4.88 Å². The molecular weight excluding hydrogens is 140 g/mol. The molecule has 1 atom stereocenters. The molecule has 0 amide bonds. The molecule has 0 saturated carbocycles. The van der Waals surface area contributed by atoms with Crippen molar-refractivity contribution >= 4 is 11.3 Å². The van der Waals surface area contributed by atoms with Gasteiger partial charge < -0.3 is 0 Å². The van der Waals surface area contributed by atoms with Crippen molar-refractivity contribution in [2.45, 2.75) is 32.6 Å². The summed E-state index contributed by atoms with van der Waals surface area (Å²) in [6, 6.07) is 4.36. The molecule has 0 bridgehead atoms. The van der Waals surface area contributed by atoms with E-state index in [1.165, 1.54) is 17.7 Å². The highest BCUT2D eigenvalue weighted by Crippen LogP contribution is 2.24. The summed E-state index contributed by atoms with van der Waals surface area (Å²) in [5, 5.41) is 2.15. The average molecular weight is 154 g/mol. The Morgan fingerprint density at radius 3 is 2.90 bits per heavy atom. The molecule has 0 radical (unpaired) electrons. The second-order valence-corrected chi connectivity index (χ2v) is 3.68. The zero-order valence-electron chi connectivity index (χ0n) is 6.63. The smallest absolute Gasteiger partial charge is 0.00734 e. The third-order valence-corrected chi connectivity index (χ3v) is 2.85. The molecule has 0 saturated heterocycles. The first-order valence-electron chi connectivity index (χ1n) is 3.88. The minimum absolute atomic E-state index is 0.769. The third-order valence-electron chi connectivity index (χ3n) is 1.75. The summed E-state index contributed by atoms with van der Waals surface area (Å²) in [5.41, 5.74) is 0. The van der Waals surface area contributed by atoms with Gasteiger partial charge in [0.25, 0.3) is 0 Å². The topological polar surface area (TPSA) is 0 Å². The molecule has 0 N–H and O–H groups in total. The van der Waals surface area contributed by atoms with E-state index in [1.54, 1.807) is 0 Å². The van der Waals surface area contributed by atoms with Crippen LogP contribution in [0.15, 0.2) is 17.5 Å². The van der Waals surface area contributed by atoms with Crippen LogP contribution >= 0.6 is 11.3 Å². The Kier molecular flexibility index (Phi) is 2.94. The lowest BCUT2D eigenvalue weighted by Gasteiger charge is -2.05. The molecule has 0 nitrogen and oxygen atoms in total. The van der Waals surface area contributed by atoms with E-state index in [1.807, 2.05) is 11.3 Å². The average Bonchev–Trinajstić information content (AvgIpc) is 2.38. The van der Waals surface area contributed by atoms with Crippen molar-refractivity contribution in [1.29, 1.82) is 0 Å². The van der Waals surface area contributed by atoms with E-state index in [4.69, 9.17) is 0 Å². The van der Waals surface area contributed by atoms with Crippen molar-refractivity contribution in [2.24, 2.45) is 0 Å². The van der Waals surface area contributed by atoms with Gasteiger partial charge in [-0.3, -0.25) is 0 Å². The molecular formula is C9H14S. The second-order valence-electron chi connectivity index (χ2n) is 2.71. The summed E-state index contributed by atoms with van der Waals surface area (Å²) in [4.78, 5) is 1.53. The van der Waals surface area contributed by atoms with Gasteiger partial charge in [0.05, 0.1) is 0 Å². The fraction of sp³-hybridized carbons (Fsp3) is 0.556. The summed E-state index contributed by atoms with van der Waals surface area (Å²) in [6.45, 7) is 4.54. The maximum atomic E-state index is 2.30. The van der Waals surface area contributed by atoms with E-state index < -0.39 is 0 Å². The van der Waals surface area contributed by atoms with Gasteiger partial charge in [-0.1, -0.05) is 26.3 Å². The predicted molar refractivity (Wildman–Crippen MR) is 47.6 cm³/mol. The Morgan fingerprint density at radius 1 is 1.60 bits per heavy atom. The van der Waals surface area contributed by atoms with Crippen LogP contribution in [-0.2, 0) is 0 Å². The van der Waals surface area contributed by atoms with E-state index in [9.17, 15) is 0 Å². The van der Waals surface area contributed by atoms with Crippen LogP contribution in [0.2, 0.25) is 0 Å². The van der Waals surface area contributed by atoms with Gasteiger partial charge in [-0.05, 0) is 23.8 Å². The monoisotopic (exact) mass is 154 g/mol. The highest BCUT2D eigenvalue weighted by molar-refractivity contribution is 7.10. The maximum Gasteiger partial charge on any atom is 0.00734 e. The predicted octanol–water partition coefficient (Wildman–Crippen LogP) is 3.65. The molecule has 0 unspecified atom stereocenters. The molecule has 56 valence electrons. The first kappa shape index (κ1) is 7.80. The van der Waals surface area contributed by atoms with Crippen LogP contribution in [0.1, 0.15) is 37.5 Å². The minimum Gasteiger partial charge on any atom is -0.149 e. The summed E-state index contributed by atoms with van der Waals surface area (Å²) in [7, 11) is 0. The molecule has 0 aliphatic carbocycles. The van der Waals surface area contributed by atoms with E-state index in [0.717, 1.165) is 5.92 Å². The minimum atomic E-state index is 0.769. The highest BCUT2D eigenvalue weighted by atomic mass is 32.1. The van der Waals surface area contributed by atoms with Crippen molar-refractivity contribution in [3.63, 3.8) is 0 Å². The SMILES string of the molecule is CCC[C@H](C)c1cccs1. The summed E-state index contributed by atoms with van der Waals surface area (Å²) in [6.07, 6.45) is 2.61. The van der Waals surface area contributed by atoms with Crippen LogP contribution in [-0.4, -0.2) is 0 Å². The van der Waals surface area contributed by atoms with Gasteiger partial charge in [-0.25, -0.2) is 0 Å². The normalized spacial score (nSPS) is 13.4. The Bertz CT molecular complexity index is 165. The van der Waals surface area contributed by atoms with Crippen molar-refractivity contribution in [2.75, 3.05) is 0 Å². The van der Waals surface area contributed by atoms with Crippen LogP contribution < -0.4 is 0 Å². The number of rotatable bonds is 3. The van der Waals surface area contributed by atoms with Crippen LogP contribution in [0, 0.1) is 0 Å². The Hall–Kier alpha value is -0.300. The molecule has 1 heteroatoms. The van der Waals surface area contributed by atoms with E-state index in [-0.39, 0.29) is 0 Å². The second kappa shape index (κ2) is 3.77. The van der Waals surface area contributed by atoms with Crippen LogP contribution in [0.25, 0.3) is 0 Å². The molecule has 0 fully saturated rings. The first-order chi connectivity index (χ1) is 4.84. The maximum absolute atomic E-state index is 2.30. The van der Waals surface area contributed by atoms with Gasteiger partial charge in [0.1, 0.15) is 0 Å². The zero-order valence-corrected chi connectivity index (χ0v) is 7.45. The van der Waals surface area contributed by atoms with Crippen LogP contribution in [0.3, 0.4) is 0 Å². The zero-order chi connectivity index (χ0) is 7.40. The van der Waals surface area contributed by atoms with E-state index in [0.29, 0.717) is 0 Å². The third kappa shape index (κ3) is 1.84. The fourth-order valence-electron chi connectivity index (χ4n) is 1.15. The Balaban J connectivity index is 2.50. The molecule has 1 aromatic heterocycles. The molecule has 1 rings (SSSR count). The standard InChI is InChI=1S/C9H14S/c1-3-5-8(2)9-6-4-7-10-9/h4,6-8H,3,5H2,1-2H3/t8-/m0/s1. The number of hydrogen-bond donors (Lipinski definition) is 0. The summed E-state index contributed by atoms with van der Waals surface area (Å²) in [5.74, 6) is 0.769. The Labute approximate surface area is 66.9 Å². The lowest BCUT2D eigenvalue weighted by Crippen LogP contribution is -1.87. The molecule has 0 spiro atoms. The molecule has 1 heterocycles. The van der Waals surface area contributed by atoms with Gasteiger partial charge >= 0.3 is 0 Å². The lowest BCUT2D eigenvalue weighted by molar-refractivity contribution is 0.675. The fourth-order valence-corrected chi connectivity index (χ4v) is 1.97. The van der Waals surface area contributed by atoms with Crippen molar-refractivity contribution < 1.29 is 0 Å². The van der Waals surface area contributed by atoms with Crippen molar-refractivity contribution in [3.8, 4) is 0 Å². The van der Waals surface area contributed by atoms with Crippen LogP contribution in [0.4, 0.5) is 0 Å².